The summed E-state index contributed by atoms with van der Waals surface area (Å²) in [7, 11) is 0. The molecule has 0 aromatic heterocycles. The fourth-order valence-electron chi connectivity index (χ4n) is 10.0. The molecule has 0 N–H and O–H groups in total. The quantitative estimate of drug-likeness (QED) is 0.181. The lowest BCUT2D eigenvalue weighted by Gasteiger charge is -2.43. The Labute approximate surface area is 306 Å². The van der Waals surface area contributed by atoms with Gasteiger partial charge in [0, 0.05) is 37.1 Å². The first kappa shape index (κ1) is 29.8. The summed E-state index contributed by atoms with van der Waals surface area (Å²) in [5.41, 5.74) is 30.0. The molecule has 11 rings (SSSR count). The fourth-order valence-corrected chi connectivity index (χ4v) is 10.0. The predicted molar refractivity (Wildman–Crippen MR) is 217 cm³/mol. The number of nitrogens with zero attached hydrogens (tertiary/aromatic N) is 2. The summed E-state index contributed by atoms with van der Waals surface area (Å²) in [6, 6.07) is 46.8. The summed E-state index contributed by atoms with van der Waals surface area (Å²) in [5.74, 6) is 0. The number of fused-ring (bicyclic) bond motifs is 8. The molecule has 0 bridgehead atoms. The third-order valence-corrected chi connectivity index (χ3v) is 12.0. The Morgan fingerprint density at radius 2 is 0.750 bits per heavy atom. The van der Waals surface area contributed by atoms with Crippen LogP contribution in [-0.2, 0) is 25.7 Å². The molecule has 0 spiro atoms. The third-order valence-electron chi connectivity index (χ3n) is 12.0. The van der Waals surface area contributed by atoms with Gasteiger partial charge in [0.2, 0.25) is 0 Å². The number of hydrogen-bond acceptors (Lipinski definition) is 2. The number of hydrogen-bond donors (Lipinski definition) is 0. The second-order valence-electron chi connectivity index (χ2n) is 15.7. The maximum atomic E-state index is 2.61. The van der Waals surface area contributed by atoms with Gasteiger partial charge in [0.1, 0.15) is 0 Å². The molecule has 0 atom stereocenters. The van der Waals surface area contributed by atoms with Gasteiger partial charge in [0.05, 0.1) is 22.7 Å². The van der Waals surface area contributed by atoms with Gasteiger partial charge in [-0.2, -0.15) is 0 Å². The van der Waals surface area contributed by atoms with Crippen LogP contribution < -0.4 is 9.80 Å². The normalized spacial score (nSPS) is 14.2. The molecule has 7 aromatic rings. The third kappa shape index (κ3) is 4.30. The Balaban J connectivity index is 1.12. The van der Waals surface area contributed by atoms with E-state index in [4.69, 9.17) is 0 Å². The summed E-state index contributed by atoms with van der Waals surface area (Å²) in [4.78, 5) is 5.23. The molecule has 0 fully saturated rings. The van der Waals surface area contributed by atoms with Crippen molar-refractivity contribution in [3.63, 3.8) is 0 Å². The summed E-state index contributed by atoms with van der Waals surface area (Å²) in [5, 5.41) is 0. The highest BCUT2D eigenvalue weighted by atomic mass is 15.2. The van der Waals surface area contributed by atoms with Crippen molar-refractivity contribution in [3.8, 4) is 22.3 Å². The minimum absolute atomic E-state index is 0.925. The zero-order valence-corrected chi connectivity index (χ0v) is 30.3. The number of rotatable bonds is 2. The lowest BCUT2D eigenvalue weighted by molar-refractivity contribution is 0.983. The zero-order valence-electron chi connectivity index (χ0n) is 30.3. The average molecular weight is 669 g/mol. The molecule has 7 aromatic carbocycles. The molecular weight excluding hydrogens is 629 g/mol. The maximum absolute atomic E-state index is 2.61. The van der Waals surface area contributed by atoms with Crippen LogP contribution in [0.15, 0.2) is 121 Å². The molecule has 0 unspecified atom stereocenters. The van der Waals surface area contributed by atoms with E-state index in [1.54, 1.807) is 0 Å². The highest BCUT2D eigenvalue weighted by Crippen LogP contribution is 2.57. The molecule has 4 aliphatic heterocycles. The van der Waals surface area contributed by atoms with E-state index in [0.717, 1.165) is 25.7 Å². The minimum atomic E-state index is 0.925. The highest BCUT2D eigenvalue weighted by molar-refractivity contribution is 5.97. The Morgan fingerprint density at radius 1 is 0.346 bits per heavy atom. The van der Waals surface area contributed by atoms with E-state index in [1.165, 1.54) is 123 Å². The zero-order chi connectivity index (χ0) is 34.8. The molecule has 0 aliphatic carbocycles. The van der Waals surface area contributed by atoms with Crippen molar-refractivity contribution in [1.82, 2.24) is 0 Å². The van der Waals surface area contributed by atoms with Crippen LogP contribution in [0.25, 0.3) is 22.3 Å². The maximum Gasteiger partial charge on any atom is 0.0538 e. The number of para-hydroxylation sites is 2. The van der Waals surface area contributed by atoms with Crippen molar-refractivity contribution in [1.29, 1.82) is 0 Å². The average Bonchev–Trinajstić information content (AvgIpc) is 3.13. The first-order valence-electron chi connectivity index (χ1n) is 18.8. The molecule has 250 valence electrons. The molecule has 52 heavy (non-hydrogen) atoms. The molecule has 0 saturated carbocycles. The van der Waals surface area contributed by atoms with Gasteiger partial charge in [-0.15, -0.1) is 0 Å². The SMILES string of the molecule is Cc1cc(C)cc(-c2ccc3c4c2Cc2ccccc2N4c2cc4c(cc2C3)N2c3ccccc3Cc3c(-c5cc(C)cc(C)c5)ccc(c32)C4)c1. The van der Waals surface area contributed by atoms with Crippen LogP contribution in [0.3, 0.4) is 0 Å². The van der Waals surface area contributed by atoms with Gasteiger partial charge in [-0.25, -0.2) is 0 Å². The molecule has 0 amide bonds. The minimum Gasteiger partial charge on any atom is -0.309 e. The fraction of sp³-hybridized carbons (Fsp3) is 0.160. The van der Waals surface area contributed by atoms with Gasteiger partial charge in [0.15, 0.2) is 0 Å². The summed E-state index contributed by atoms with van der Waals surface area (Å²) in [6.45, 7) is 8.86. The van der Waals surface area contributed by atoms with Crippen LogP contribution in [0, 0.1) is 27.7 Å². The second-order valence-corrected chi connectivity index (χ2v) is 15.7. The summed E-state index contributed by atoms with van der Waals surface area (Å²) in [6.07, 6.45) is 3.74. The van der Waals surface area contributed by atoms with E-state index >= 15 is 0 Å². The second kappa shape index (κ2) is 10.8. The van der Waals surface area contributed by atoms with E-state index in [1.807, 2.05) is 0 Å². The smallest absolute Gasteiger partial charge is 0.0538 e. The van der Waals surface area contributed by atoms with Crippen molar-refractivity contribution >= 4 is 34.1 Å². The van der Waals surface area contributed by atoms with Crippen molar-refractivity contribution < 1.29 is 0 Å². The van der Waals surface area contributed by atoms with Crippen LogP contribution in [0.4, 0.5) is 34.1 Å². The van der Waals surface area contributed by atoms with Gasteiger partial charge in [0.25, 0.3) is 0 Å². The van der Waals surface area contributed by atoms with Crippen molar-refractivity contribution in [3.05, 3.63) is 188 Å². The molecule has 2 heteroatoms. The molecular formula is C50H40N2. The van der Waals surface area contributed by atoms with Crippen molar-refractivity contribution in [2.45, 2.75) is 53.4 Å². The highest BCUT2D eigenvalue weighted by Gasteiger charge is 2.37. The summed E-state index contributed by atoms with van der Waals surface area (Å²) >= 11 is 0. The molecule has 4 heterocycles. The first-order valence-corrected chi connectivity index (χ1v) is 18.8. The topological polar surface area (TPSA) is 6.48 Å². The summed E-state index contributed by atoms with van der Waals surface area (Å²) < 4.78 is 0. The van der Waals surface area contributed by atoms with Gasteiger partial charge in [-0.3, -0.25) is 0 Å². The van der Waals surface area contributed by atoms with E-state index in [2.05, 4.69) is 159 Å². The van der Waals surface area contributed by atoms with Crippen molar-refractivity contribution in [2.24, 2.45) is 0 Å². The molecule has 0 radical (unpaired) electrons. The van der Waals surface area contributed by atoms with E-state index in [-0.39, 0.29) is 0 Å². The van der Waals surface area contributed by atoms with Crippen LogP contribution >= 0.6 is 0 Å². The van der Waals surface area contributed by atoms with Gasteiger partial charge in [-0.1, -0.05) is 119 Å². The lowest BCUT2D eigenvalue weighted by Crippen LogP contribution is -2.28. The lowest BCUT2D eigenvalue weighted by atomic mass is 9.80. The number of aryl methyl sites for hydroxylation is 4. The Kier molecular flexibility index (Phi) is 6.21. The Morgan fingerprint density at radius 3 is 1.17 bits per heavy atom. The molecule has 4 aliphatic rings. The Hall–Kier alpha value is -5.86. The van der Waals surface area contributed by atoms with E-state index in [9.17, 15) is 0 Å². The van der Waals surface area contributed by atoms with Crippen LogP contribution in [0.1, 0.15) is 66.8 Å². The van der Waals surface area contributed by atoms with E-state index in [0.29, 0.717) is 0 Å². The van der Waals surface area contributed by atoms with Gasteiger partial charge >= 0.3 is 0 Å². The Bertz CT molecular complexity index is 2470. The standard InChI is InChI=1S/C50H40N2/c1-29-17-30(2)20-37(19-29)41-15-13-35-23-39-28-48-40(27-47(39)51-45-11-7-5-9-33(45)25-43(41)49(35)51)24-36-14-16-42(38-21-31(3)18-32(4)22-38)44-26-34-10-6-8-12-46(34)52(48)50(36)44/h5-22,27-28H,23-26H2,1-4H3. The van der Waals surface area contributed by atoms with Crippen LogP contribution in [0.5, 0.6) is 0 Å². The monoisotopic (exact) mass is 668 g/mol. The van der Waals surface area contributed by atoms with Crippen LogP contribution in [-0.4, -0.2) is 0 Å². The number of anilines is 6. The van der Waals surface area contributed by atoms with E-state index < -0.39 is 0 Å². The van der Waals surface area contributed by atoms with Crippen LogP contribution in [0.2, 0.25) is 0 Å². The first-order chi connectivity index (χ1) is 25.4. The van der Waals surface area contributed by atoms with Crippen molar-refractivity contribution in [2.75, 3.05) is 9.80 Å². The largest absolute Gasteiger partial charge is 0.309 e. The number of benzene rings is 7. The predicted octanol–water partition coefficient (Wildman–Crippen LogP) is 12.8. The molecule has 0 saturated heterocycles. The van der Waals surface area contributed by atoms with Gasteiger partial charge in [-0.05, 0) is 119 Å². The van der Waals surface area contributed by atoms with Gasteiger partial charge < -0.3 is 9.80 Å². The molecule has 2 nitrogen and oxygen atoms in total.